The zero-order valence-electron chi connectivity index (χ0n) is 15.3. The molecule has 26 heavy (non-hydrogen) atoms. The molecule has 3 atom stereocenters. The molecule has 3 unspecified atom stereocenters. The molecule has 0 aromatic heterocycles. The highest BCUT2D eigenvalue weighted by Gasteiger charge is 2.56. The average molecular weight is 369 g/mol. The molecule has 5 fully saturated rings. The molecule has 7 aliphatic rings. The van der Waals surface area contributed by atoms with Crippen molar-refractivity contribution in [3.05, 3.63) is 23.9 Å². The summed E-state index contributed by atoms with van der Waals surface area (Å²) in [5, 5.41) is 3.66. The highest BCUT2D eigenvalue weighted by atomic mass is 32.2. The van der Waals surface area contributed by atoms with Crippen LogP contribution in [0.2, 0.25) is 0 Å². The number of allylic oxidation sites excluding steroid dienone is 3. The molecular weight excluding hydrogens is 340 g/mol. The highest BCUT2D eigenvalue weighted by molar-refractivity contribution is 8.01. The number of hydrogen-bond acceptors (Lipinski definition) is 3. The standard InChI is InChI=1S/C22H28N2OS/c25-20(24-21-10-14-7-15(11-21)9-16(8-14)12-21)17-13-26-22-5-2-1-3-19(22)23-6-4-18(17)22/h1-3,6,14-18H,4-5,7-13H2,(H,24,25). The number of carbonyl (C=O) groups is 1. The fraction of sp³-hybridized carbons (Fsp3) is 0.727. The van der Waals surface area contributed by atoms with Gasteiger partial charge in [0.1, 0.15) is 0 Å². The fourth-order valence-corrected chi connectivity index (χ4v) is 9.37. The summed E-state index contributed by atoms with van der Waals surface area (Å²) in [7, 11) is 0. The Morgan fingerprint density at radius 1 is 1.15 bits per heavy atom. The van der Waals surface area contributed by atoms with E-state index in [2.05, 4.69) is 29.8 Å². The largest absolute Gasteiger partial charge is 0.350 e. The second-order valence-electron chi connectivity index (χ2n) is 9.83. The molecule has 1 saturated heterocycles. The number of rotatable bonds is 2. The van der Waals surface area contributed by atoms with Crippen LogP contribution in [0.25, 0.3) is 0 Å². The summed E-state index contributed by atoms with van der Waals surface area (Å²) < 4.78 is 0.0625. The van der Waals surface area contributed by atoms with Crippen molar-refractivity contribution in [1.29, 1.82) is 0 Å². The number of hydrogen-bond donors (Lipinski definition) is 1. The smallest absolute Gasteiger partial charge is 0.224 e. The van der Waals surface area contributed by atoms with Crippen LogP contribution in [0.3, 0.4) is 0 Å². The lowest BCUT2D eigenvalue weighted by atomic mass is 9.53. The first-order valence-corrected chi connectivity index (χ1v) is 11.5. The van der Waals surface area contributed by atoms with E-state index >= 15 is 0 Å². The van der Waals surface area contributed by atoms with Crippen LogP contribution in [0.4, 0.5) is 0 Å². The van der Waals surface area contributed by atoms with Crippen LogP contribution in [0.15, 0.2) is 28.9 Å². The Labute approximate surface area is 160 Å². The number of nitrogens with one attached hydrogen (secondary N) is 1. The van der Waals surface area contributed by atoms with E-state index in [9.17, 15) is 4.79 Å². The van der Waals surface area contributed by atoms with E-state index in [1.165, 1.54) is 44.2 Å². The van der Waals surface area contributed by atoms with E-state index in [0.717, 1.165) is 36.3 Å². The van der Waals surface area contributed by atoms with Crippen molar-refractivity contribution < 1.29 is 4.79 Å². The van der Waals surface area contributed by atoms with E-state index in [1.807, 2.05) is 11.8 Å². The van der Waals surface area contributed by atoms with Gasteiger partial charge in [0.05, 0.1) is 16.4 Å². The van der Waals surface area contributed by atoms with Crippen LogP contribution >= 0.6 is 11.8 Å². The third kappa shape index (κ3) is 2.20. The van der Waals surface area contributed by atoms with Gasteiger partial charge in [0.25, 0.3) is 0 Å². The molecule has 4 bridgehead atoms. The molecule has 1 amide bonds. The molecule has 1 spiro atoms. The van der Waals surface area contributed by atoms with E-state index in [-0.39, 0.29) is 16.2 Å². The lowest BCUT2D eigenvalue weighted by molar-refractivity contribution is -0.131. The minimum absolute atomic E-state index is 0.0625. The third-order valence-electron chi connectivity index (χ3n) is 8.20. The SMILES string of the molecule is O=C(NC12CC3CC(CC(C3)C1)C2)C1CSC23CC=CC=C2N=CCC13. The summed E-state index contributed by atoms with van der Waals surface area (Å²) in [6.07, 6.45) is 18.6. The second kappa shape index (κ2) is 5.50. The van der Waals surface area contributed by atoms with Gasteiger partial charge in [-0.3, -0.25) is 9.79 Å². The van der Waals surface area contributed by atoms with Gasteiger partial charge in [0.15, 0.2) is 0 Å². The number of nitrogens with zero attached hydrogens (tertiary/aromatic N) is 1. The maximum atomic E-state index is 13.4. The molecule has 0 aromatic carbocycles. The van der Waals surface area contributed by atoms with Crippen molar-refractivity contribution in [2.24, 2.45) is 34.6 Å². The fourth-order valence-electron chi connectivity index (χ4n) is 7.56. The van der Waals surface area contributed by atoms with Crippen LogP contribution in [0.1, 0.15) is 51.4 Å². The van der Waals surface area contributed by atoms with Gasteiger partial charge in [-0.15, -0.1) is 11.8 Å². The van der Waals surface area contributed by atoms with Gasteiger partial charge < -0.3 is 5.32 Å². The molecule has 138 valence electrons. The second-order valence-corrected chi connectivity index (χ2v) is 11.2. The molecular formula is C22H28N2OS. The number of amides is 1. The van der Waals surface area contributed by atoms with Gasteiger partial charge in [0, 0.05) is 17.5 Å². The van der Waals surface area contributed by atoms with Crippen molar-refractivity contribution in [3.8, 4) is 0 Å². The van der Waals surface area contributed by atoms with Gasteiger partial charge in [0.2, 0.25) is 5.91 Å². The van der Waals surface area contributed by atoms with Crippen LogP contribution < -0.4 is 5.32 Å². The first-order chi connectivity index (χ1) is 12.7. The summed E-state index contributed by atoms with van der Waals surface area (Å²) in [6.45, 7) is 0. The molecule has 2 heterocycles. The Morgan fingerprint density at radius 2 is 1.88 bits per heavy atom. The maximum Gasteiger partial charge on any atom is 0.224 e. The van der Waals surface area contributed by atoms with Crippen molar-refractivity contribution in [2.45, 2.75) is 61.7 Å². The van der Waals surface area contributed by atoms with E-state index in [0.29, 0.717) is 11.8 Å². The molecule has 2 aliphatic heterocycles. The van der Waals surface area contributed by atoms with Crippen molar-refractivity contribution >= 4 is 23.9 Å². The summed E-state index contributed by atoms with van der Waals surface area (Å²) in [4.78, 5) is 18.1. The zero-order valence-corrected chi connectivity index (χ0v) is 16.1. The molecule has 0 radical (unpaired) electrons. The maximum absolute atomic E-state index is 13.4. The number of aliphatic imine (C=N–C) groups is 1. The van der Waals surface area contributed by atoms with Gasteiger partial charge in [-0.2, -0.15) is 0 Å². The van der Waals surface area contributed by atoms with Crippen molar-refractivity contribution in [1.82, 2.24) is 5.32 Å². The van der Waals surface area contributed by atoms with Crippen LogP contribution in [0.5, 0.6) is 0 Å². The molecule has 1 N–H and O–H groups in total. The van der Waals surface area contributed by atoms with Crippen molar-refractivity contribution in [3.63, 3.8) is 0 Å². The normalized spacial score (nSPS) is 50.3. The molecule has 4 heteroatoms. The Hall–Kier alpha value is -1.03. The molecule has 0 aromatic rings. The Morgan fingerprint density at radius 3 is 2.62 bits per heavy atom. The summed E-state index contributed by atoms with van der Waals surface area (Å²) in [5.41, 5.74) is 1.34. The van der Waals surface area contributed by atoms with Crippen LogP contribution in [-0.4, -0.2) is 28.2 Å². The van der Waals surface area contributed by atoms with E-state index in [4.69, 9.17) is 4.99 Å². The Kier molecular flexibility index (Phi) is 3.38. The number of thioether (sulfide) groups is 1. The first kappa shape index (κ1) is 16.0. The third-order valence-corrected chi connectivity index (χ3v) is 9.92. The van der Waals surface area contributed by atoms with Crippen LogP contribution in [0, 0.1) is 29.6 Å². The highest BCUT2D eigenvalue weighted by Crippen LogP contribution is 2.58. The van der Waals surface area contributed by atoms with E-state index < -0.39 is 0 Å². The Bertz CT molecular complexity index is 703. The monoisotopic (exact) mass is 368 g/mol. The average Bonchev–Trinajstić information content (AvgIpc) is 2.98. The summed E-state index contributed by atoms with van der Waals surface area (Å²) >= 11 is 1.99. The first-order valence-electron chi connectivity index (χ1n) is 10.5. The number of carbonyl (C=O) groups excluding carboxylic acids is 1. The van der Waals surface area contributed by atoms with E-state index in [1.54, 1.807) is 0 Å². The summed E-state index contributed by atoms with van der Waals surface area (Å²) in [6, 6.07) is 0. The Balaban J connectivity index is 1.24. The minimum Gasteiger partial charge on any atom is -0.350 e. The molecule has 7 rings (SSSR count). The molecule has 4 saturated carbocycles. The predicted octanol–water partition coefficient (Wildman–Crippen LogP) is 4.11. The van der Waals surface area contributed by atoms with Gasteiger partial charge in [-0.05, 0) is 81.1 Å². The molecule has 3 nitrogen and oxygen atoms in total. The lowest BCUT2D eigenvalue weighted by Gasteiger charge is -2.57. The lowest BCUT2D eigenvalue weighted by Crippen LogP contribution is -2.61. The van der Waals surface area contributed by atoms with Gasteiger partial charge in [-0.25, -0.2) is 0 Å². The van der Waals surface area contributed by atoms with Crippen molar-refractivity contribution in [2.75, 3.05) is 5.75 Å². The predicted molar refractivity (Wildman–Crippen MR) is 106 cm³/mol. The minimum atomic E-state index is 0.0625. The molecule has 5 aliphatic carbocycles. The van der Waals surface area contributed by atoms with Gasteiger partial charge in [-0.1, -0.05) is 12.2 Å². The topological polar surface area (TPSA) is 41.5 Å². The zero-order chi connectivity index (χ0) is 17.4. The summed E-state index contributed by atoms with van der Waals surface area (Å²) in [5.74, 6) is 4.51. The van der Waals surface area contributed by atoms with Crippen LogP contribution in [-0.2, 0) is 4.79 Å². The van der Waals surface area contributed by atoms with Gasteiger partial charge >= 0.3 is 0 Å². The quantitative estimate of drug-likeness (QED) is 0.797.